The Hall–Kier alpha value is -4.95. The minimum Gasteiger partial charge on any atom is -0.496 e. The first-order chi connectivity index (χ1) is 23.9. The number of methoxy groups -OCH3 is 2. The molecule has 1 heterocycles. The summed E-state index contributed by atoms with van der Waals surface area (Å²) in [6.07, 6.45) is 1.73. The minimum absolute atomic E-state index is 0.0702. The van der Waals surface area contributed by atoms with Crippen molar-refractivity contribution in [1.29, 1.82) is 0 Å². The van der Waals surface area contributed by atoms with Crippen LogP contribution >= 0.6 is 0 Å². The second-order valence-corrected chi connectivity index (χ2v) is 12.5. The van der Waals surface area contributed by atoms with Crippen molar-refractivity contribution in [1.82, 2.24) is 4.57 Å². The van der Waals surface area contributed by atoms with Gasteiger partial charge in [0.2, 0.25) is 0 Å². The molecule has 0 spiro atoms. The second kappa shape index (κ2) is 15.1. The number of ether oxygens (including phenoxy) is 3. The molecular weight excluding hydrogens is 614 g/mol. The number of unbranched alkanes of at least 4 members (excludes halogenated alkanes) is 1. The standard InChI is InChI=1S/C42H43NO6/c1-27-18-32(24-44)41(47-3)34(20-27)30-12-14-38-36(22-30)40(46)37-23-31(35-21-28(2)19-33(25-45)42(35)48-4)13-15-39(37)43(38)16-8-9-17-49-26-29-10-6-5-7-11-29/h5-7,10-15,18-23,44-45H,8-9,16-17,24-26H2,1-4H3. The van der Waals surface area contributed by atoms with Crippen LogP contribution in [0, 0.1) is 13.8 Å². The van der Waals surface area contributed by atoms with Crippen LogP contribution in [0.2, 0.25) is 0 Å². The summed E-state index contributed by atoms with van der Waals surface area (Å²) in [6.45, 7) is 5.58. The van der Waals surface area contributed by atoms with Crippen molar-refractivity contribution in [2.75, 3.05) is 20.8 Å². The second-order valence-electron chi connectivity index (χ2n) is 12.5. The molecule has 252 valence electrons. The summed E-state index contributed by atoms with van der Waals surface area (Å²) < 4.78 is 19.7. The number of aliphatic hydroxyl groups is 2. The molecule has 0 radical (unpaired) electrons. The van der Waals surface area contributed by atoms with Gasteiger partial charge in [0, 0.05) is 46.2 Å². The monoisotopic (exact) mass is 657 g/mol. The van der Waals surface area contributed by atoms with Gasteiger partial charge >= 0.3 is 0 Å². The van der Waals surface area contributed by atoms with Crippen molar-refractivity contribution >= 4 is 21.8 Å². The first-order valence-corrected chi connectivity index (χ1v) is 16.7. The molecule has 0 fully saturated rings. The molecule has 0 atom stereocenters. The van der Waals surface area contributed by atoms with E-state index in [9.17, 15) is 15.0 Å². The molecule has 0 bridgehead atoms. The summed E-state index contributed by atoms with van der Waals surface area (Å²) in [5.41, 5.74) is 9.48. The van der Waals surface area contributed by atoms with Gasteiger partial charge in [-0.2, -0.15) is 0 Å². The zero-order valence-electron chi connectivity index (χ0n) is 28.6. The molecule has 0 aliphatic carbocycles. The van der Waals surface area contributed by atoms with Gasteiger partial charge in [0.1, 0.15) is 11.5 Å². The van der Waals surface area contributed by atoms with Crippen molar-refractivity contribution in [2.24, 2.45) is 0 Å². The fourth-order valence-electron chi connectivity index (χ4n) is 6.84. The van der Waals surface area contributed by atoms with Crippen molar-refractivity contribution in [2.45, 2.75) is 53.1 Å². The predicted molar refractivity (Wildman–Crippen MR) is 196 cm³/mol. The highest BCUT2D eigenvalue weighted by Crippen LogP contribution is 2.38. The zero-order valence-corrected chi connectivity index (χ0v) is 28.6. The SMILES string of the molecule is COc1c(CO)cc(C)cc1-c1ccc2c(c1)c(=O)c1cc(-c3cc(C)cc(CO)c3OC)ccc1n2CCCCOCc1ccccc1. The lowest BCUT2D eigenvalue weighted by molar-refractivity contribution is 0.116. The van der Waals surface area contributed by atoms with E-state index in [1.807, 2.05) is 92.7 Å². The molecule has 0 saturated carbocycles. The topological polar surface area (TPSA) is 90.2 Å². The van der Waals surface area contributed by atoms with Gasteiger partial charge in [0.05, 0.1) is 45.1 Å². The Morgan fingerprint density at radius 2 is 1.18 bits per heavy atom. The van der Waals surface area contributed by atoms with Gasteiger partial charge in [-0.15, -0.1) is 0 Å². The predicted octanol–water partition coefficient (Wildman–Crippen LogP) is 8.10. The van der Waals surface area contributed by atoms with Crippen LogP contribution in [-0.2, 0) is 31.1 Å². The molecule has 5 aromatic carbocycles. The Morgan fingerprint density at radius 1 is 0.653 bits per heavy atom. The molecule has 6 aromatic rings. The summed E-state index contributed by atoms with van der Waals surface area (Å²) in [4.78, 5) is 14.5. The average molecular weight is 658 g/mol. The quantitative estimate of drug-likeness (QED) is 0.0964. The van der Waals surface area contributed by atoms with Crippen LogP contribution in [0.1, 0.15) is 40.7 Å². The Labute approximate surface area is 287 Å². The highest BCUT2D eigenvalue weighted by Gasteiger charge is 2.18. The lowest BCUT2D eigenvalue weighted by Gasteiger charge is -2.19. The summed E-state index contributed by atoms with van der Waals surface area (Å²) in [6, 6.07) is 30.0. The summed E-state index contributed by atoms with van der Waals surface area (Å²) in [5, 5.41) is 21.3. The van der Waals surface area contributed by atoms with Crippen LogP contribution in [0.3, 0.4) is 0 Å². The van der Waals surface area contributed by atoms with E-state index in [0.29, 0.717) is 53.2 Å². The first kappa shape index (κ1) is 33.9. The molecule has 49 heavy (non-hydrogen) atoms. The maximum atomic E-state index is 14.5. The Bertz CT molecular complexity index is 2040. The maximum absolute atomic E-state index is 14.5. The van der Waals surface area contributed by atoms with Gasteiger partial charge in [-0.1, -0.05) is 54.6 Å². The van der Waals surface area contributed by atoms with Gasteiger partial charge in [-0.05, 0) is 90.9 Å². The number of benzene rings is 5. The molecule has 0 aliphatic heterocycles. The van der Waals surface area contributed by atoms with Gasteiger partial charge in [-0.25, -0.2) is 0 Å². The van der Waals surface area contributed by atoms with Gasteiger partial charge < -0.3 is 29.0 Å². The first-order valence-electron chi connectivity index (χ1n) is 16.7. The molecule has 2 N–H and O–H groups in total. The number of aromatic nitrogens is 1. The van der Waals surface area contributed by atoms with E-state index in [1.165, 1.54) is 0 Å². The number of hydrogen-bond acceptors (Lipinski definition) is 6. The maximum Gasteiger partial charge on any atom is 0.197 e. The number of hydrogen-bond donors (Lipinski definition) is 2. The van der Waals surface area contributed by atoms with E-state index in [4.69, 9.17) is 14.2 Å². The van der Waals surface area contributed by atoms with E-state index in [1.54, 1.807) is 14.2 Å². The summed E-state index contributed by atoms with van der Waals surface area (Å²) >= 11 is 0. The van der Waals surface area contributed by atoms with Crippen LogP contribution in [0.15, 0.2) is 95.8 Å². The van der Waals surface area contributed by atoms with E-state index in [2.05, 4.69) is 16.7 Å². The molecular formula is C42H43NO6. The van der Waals surface area contributed by atoms with Crippen LogP contribution in [0.25, 0.3) is 44.1 Å². The van der Waals surface area contributed by atoms with E-state index < -0.39 is 0 Å². The number of aliphatic hydroxyl groups excluding tert-OH is 2. The number of nitrogens with zero attached hydrogens (tertiary/aromatic N) is 1. The van der Waals surface area contributed by atoms with Crippen molar-refractivity contribution in [3.05, 3.63) is 129 Å². The van der Waals surface area contributed by atoms with Crippen molar-refractivity contribution < 1.29 is 24.4 Å². The van der Waals surface area contributed by atoms with E-state index >= 15 is 0 Å². The molecule has 7 heteroatoms. The van der Waals surface area contributed by atoms with Crippen LogP contribution < -0.4 is 14.9 Å². The highest BCUT2D eigenvalue weighted by atomic mass is 16.5. The normalized spacial score (nSPS) is 11.4. The molecule has 0 amide bonds. The summed E-state index contributed by atoms with van der Waals surface area (Å²) in [5.74, 6) is 1.19. The Kier molecular flexibility index (Phi) is 10.4. The van der Waals surface area contributed by atoms with Crippen LogP contribution in [-0.4, -0.2) is 35.6 Å². The number of rotatable bonds is 13. The number of aryl methyl sites for hydroxylation is 3. The van der Waals surface area contributed by atoms with Gasteiger partial charge in [0.15, 0.2) is 5.43 Å². The minimum atomic E-state index is -0.152. The van der Waals surface area contributed by atoms with Crippen molar-refractivity contribution in [3.8, 4) is 33.8 Å². The van der Waals surface area contributed by atoms with E-state index in [-0.39, 0.29) is 18.6 Å². The third kappa shape index (κ3) is 6.97. The van der Waals surface area contributed by atoms with Crippen LogP contribution in [0.5, 0.6) is 11.5 Å². The number of fused-ring (bicyclic) bond motifs is 2. The lowest BCUT2D eigenvalue weighted by atomic mass is 9.95. The smallest absolute Gasteiger partial charge is 0.197 e. The molecule has 0 unspecified atom stereocenters. The molecule has 7 nitrogen and oxygen atoms in total. The highest BCUT2D eigenvalue weighted by molar-refractivity contribution is 5.98. The average Bonchev–Trinajstić information content (AvgIpc) is 3.13. The third-order valence-electron chi connectivity index (χ3n) is 9.09. The molecule has 0 saturated heterocycles. The fraction of sp³-hybridized carbons (Fsp3) is 0.262. The third-order valence-corrected chi connectivity index (χ3v) is 9.09. The largest absolute Gasteiger partial charge is 0.496 e. The zero-order chi connectivity index (χ0) is 34.5. The molecule has 6 rings (SSSR count). The van der Waals surface area contributed by atoms with Crippen molar-refractivity contribution in [3.63, 3.8) is 0 Å². The summed E-state index contributed by atoms with van der Waals surface area (Å²) in [7, 11) is 3.20. The molecule has 1 aromatic heterocycles. The van der Waals surface area contributed by atoms with Crippen LogP contribution in [0.4, 0.5) is 0 Å². The Balaban J connectivity index is 1.46. The van der Waals surface area contributed by atoms with Gasteiger partial charge in [0.25, 0.3) is 0 Å². The lowest BCUT2D eigenvalue weighted by Crippen LogP contribution is -2.12. The fourth-order valence-corrected chi connectivity index (χ4v) is 6.84. The van der Waals surface area contributed by atoms with E-state index in [0.717, 1.165) is 62.8 Å². The Morgan fingerprint density at radius 3 is 1.67 bits per heavy atom. The van der Waals surface area contributed by atoms with Gasteiger partial charge in [-0.3, -0.25) is 4.79 Å². The number of pyridine rings is 1. The molecule has 0 aliphatic rings.